The van der Waals surface area contributed by atoms with Crippen LogP contribution in [0.2, 0.25) is 5.02 Å². The van der Waals surface area contributed by atoms with Crippen molar-refractivity contribution in [1.29, 1.82) is 0 Å². The van der Waals surface area contributed by atoms with Crippen LogP contribution in [0.5, 0.6) is 17.2 Å². The van der Waals surface area contributed by atoms with Gasteiger partial charge in [0.1, 0.15) is 23.3 Å². The average molecular weight is 434 g/mol. The zero-order valence-corrected chi connectivity index (χ0v) is 18.3. The lowest BCUT2D eigenvalue weighted by Gasteiger charge is -2.40. The van der Waals surface area contributed by atoms with Crippen molar-refractivity contribution in [2.45, 2.75) is 38.3 Å². The van der Waals surface area contributed by atoms with E-state index >= 15 is 0 Å². The molecular weight excluding hydrogens is 406 g/mol. The van der Waals surface area contributed by atoms with Crippen molar-refractivity contribution in [1.82, 2.24) is 4.90 Å². The minimum Gasteiger partial charge on any atom is -0.497 e. The fourth-order valence-corrected chi connectivity index (χ4v) is 4.31. The number of aliphatic carboxylic acids is 1. The third-order valence-corrected chi connectivity index (χ3v) is 5.69. The molecule has 1 saturated heterocycles. The molecule has 0 spiro atoms. The van der Waals surface area contributed by atoms with Crippen molar-refractivity contribution < 1.29 is 24.1 Å². The number of nitrogens with zero attached hydrogens (tertiary/aromatic N) is 1. The number of likely N-dealkylation sites (tertiary alicyclic amines) is 1. The third kappa shape index (κ3) is 4.65. The van der Waals surface area contributed by atoms with Crippen molar-refractivity contribution in [3.05, 3.63) is 52.5 Å². The molecule has 7 heteroatoms. The second-order valence-electron chi connectivity index (χ2n) is 7.21. The quantitative estimate of drug-likeness (QED) is 0.645. The van der Waals surface area contributed by atoms with Crippen LogP contribution in [-0.2, 0) is 4.79 Å². The number of rotatable bonds is 8. The van der Waals surface area contributed by atoms with Gasteiger partial charge in [-0.2, -0.15) is 0 Å². The standard InChI is InChI=1S/C23H28ClNO5/c1-4-30-21-10-8-15(24)13-17(21)22(25-12-6-5-7-19(25)23(26)27)18-14-16(28-2)9-11-20(18)29-3/h8-11,13-14,19,22H,4-7,12H2,1-3H3,(H,26,27). The molecule has 2 aromatic rings. The lowest BCUT2D eigenvalue weighted by molar-refractivity contribution is -0.145. The Morgan fingerprint density at radius 2 is 1.87 bits per heavy atom. The number of hydrogen-bond donors (Lipinski definition) is 1. The number of carboxylic acid groups (broad SMARTS) is 1. The van der Waals surface area contributed by atoms with Crippen LogP contribution in [-0.4, -0.2) is 49.4 Å². The molecule has 1 N–H and O–H groups in total. The van der Waals surface area contributed by atoms with Gasteiger partial charge in [-0.25, -0.2) is 0 Å². The molecule has 2 atom stereocenters. The van der Waals surface area contributed by atoms with Gasteiger partial charge in [-0.3, -0.25) is 9.69 Å². The molecule has 0 bridgehead atoms. The van der Waals surface area contributed by atoms with Crippen LogP contribution in [0.3, 0.4) is 0 Å². The second kappa shape index (κ2) is 10.0. The number of halogens is 1. The maximum atomic E-state index is 12.1. The van der Waals surface area contributed by atoms with Gasteiger partial charge in [0.15, 0.2) is 0 Å². The summed E-state index contributed by atoms with van der Waals surface area (Å²) in [5, 5.41) is 10.5. The zero-order valence-electron chi connectivity index (χ0n) is 17.6. The number of carbonyl (C=O) groups is 1. The van der Waals surface area contributed by atoms with Gasteiger partial charge >= 0.3 is 5.97 Å². The molecule has 1 heterocycles. The van der Waals surface area contributed by atoms with Crippen molar-refractivity contribution >= 4 is 17.6 Å². The highest BCUT2D eigenvalue weighted by Crippen LogP contribution is 2.43. The highest BCUT2D eigenvalue weighted by Gasteiger charge is 2.37. The zero-order chi connectivity index (χ0) is 21.7. The molecule has 0 saturated carbocycles. The van der Waals surface area contributed by atoms with Gasteiger partial charge in [0.25, 0.3) is 0 Å². The first-order chi connectivity index (χ1) is 14.5. The summed E-state index contributed by atoms with van der Waals surface area (Å²) in [6.45, 7) is 3.04. The van der Waals surface area contributed by atoms with E-state index in [-0.39, 0.29) is 0 Å². The van der Waals surface area contributed by atoms with Crippen molar-refractivity contribution in [2.24, 2.45) is 0 Å². The lowest BCUT2D eigenvalue weighted by atomic mass is 9.90. The Morgan fingerprint density at radius 1 is 1.13 bits per heavy atom. The molecule has 3 rings (SSSR count). The molecule has 30 heavy (non-hydrogen) atoms. The van der Waals surface area contributed by atoms with E-state index in [1.165, 1.54) is 0 Å². The summed E-state index contributed by atoms with van der Waals surface area (Å²) in [5.41, 5.74) is 1.62. The fraction of sp³-hybridized carbons (Fsp3) is 0.435. The number of methoxy groups -OCH3 is 2. The van der Waals surface area contributed by atoms with Gasteiger partial charge in [0.2, 0.25) is 0 Å². The normalized spacial score (nSPS) is 17.9. The van der Waals surface area contributed by atoms with E-state index in [0.29, 0.717) is 41.8 Å². The van der Waals surface area contributed by atoms with Crippen LogP contribution in [0.25, 0.3) is 0 Å². The Hall–Kier alpha value is -2.44. The maximum Gasteiger partial charge on any atom is 0.320 e. The van der Waals surface area contributed by atoms with E-state index in [9.17, 15) is 9.90 Å². The molecule has 1 fully saturated rings. The number of hydrogen-bond acceptors (Lipinski definition) is 5. The summed E-state index contributed by atoms with van der Waals surface area (Å²) in [6, 6.07) is 9.99. The molecule has 6 nitrogen and oxygen atoms in total. The lowest BCUT2D eigenvalue weighted by Crippen LogP contribution is -2.47. The fourth-order valence-electron chi connectivity index (χ4n) is 4.13. The van der Waals surface area contributed by atoms with Crippen LogP contribution in [0, 0.1) is 0 Å². The van der Waals surface area contributed by atoms with Gasteiger partial charge in [-0.15, -0.1) is 0 Å². The van der Waals surface area contributed by atoms with Gasteiger partial charge in [-0.1, -0.05) is 18.0 Å². The van der Waals surface area contributed by atoms with E-state index in [1.807, 2.05) is 42.2 Å². The Balaban J connectivity index is 2.25. The summed E-state index contributed by atoms with van der Waals surface area (Å²) >= 11 is 6.37. The molecule has 2 aromatic carbocycles. The maximum absolute atomic E-state index is 12.1. The van der Waals surface area contributed by atoms with Crippen molar-refractivity contribution in [3.8, 4) is 17.2 Å². The van der Waals surface area contributed by atoms with Crippen LogP contribution in [0.4, 0.5) is 0 Å². The van der Waals surface area contributed by atoms with Crippen LogP contribution >= 0.6 is 11.6 Å². The summed E-state index contributed by atoms with van der Waals surface area (Å²) < 4.78 is 17.0. The largest absolute Gasteiger partial charge is 0.497 e. The van der Waals surface area contributed by atoms with Crippen LogP contribution in [0.15, 0.2) is 36.4 Å². The predicted octanol–water partition coefficient (Wildman–Crippen LogP) is 4.78. The topological polar surface area (TPSA) is 68.2 Å². The Bertz CT molecular complexity index is 888. The Labute approximate surface area is 182 Å². The van der Waals surface area contributed by atoms with E-state index in [4.69, 9.17) is 25.8 Å². The minimum absolute atomic E-state index is 0.420. The molecule has 0 aromatic heterocycles. The first-order valence-electron chi connectivity index (χ1n) is 10.1. The number of benzene rings is 2. The molecule has 162 valence electrons. The van der Waals surface area contributed by atoms with E-state index < -0.39 is 18.1 Å². The van der Waals surface area contributed by atoms with Gasteiger partial charge < -0.3 is 19.3 Å². The molecule has 0 radical (unpaired) electrons. The highest BCUT2D eigenvalue weighted by molar-refractivity contribution is 6.30. The summed E-state index contributed by atoms with van der Waals surface area (Å²) in [5.74, 6) is 1.16. The molecule has 1 aliphatic rings. The summed E-state index contributed by atoms with van der Waals surface area (Å²) in [6.07, 6.45) is 2.38. The molecule has 2 unspecified atom stereocenters. The van der Waals surface area contributed by atoms with E-state index in [0.717, 1.165) is 24.0 Å². The monoisotopic (exact) mass is 433 g/mol. The van der Waals surface area contributed by atoms with Gasteiger partial charge in [0, 0.05) is 16.1 Å². The van der Waals surface area contributed by atoms with E-state index in [1.54, 1.807) is 20.3 Å². The molecule has 0 amide bonds. The number of piperidine rings is 1. The number of ether oxygens (including phenoxy) is 3. The number of carboxylic acids is 1. The smallest absolute Gasteiger partial charge is 0.320 e. The molecule has 1 aliphatic heterocycles. The van der Waals surface area contributed by atoms with Crippen LogP contribution < -0.4 is 14.2 Å². The summed E-state index contributed by atoms with van der Waals surface area (Å²) in [7, 11) is 3.21. The van der Waals surface area contributed by atoms with Crippen LogP contribution in [0.1, 0.15) is 43.4 Å². The first-order valence-corrected chi connectivity index (χ1v) is 10.5. The van der Waals surface area contributed by atoms with Crippen molar-refractivity contribution in [3.63, 3.8) is 0 Å². The molecular formula is C23H28ClNO5. The molecule has 0 aliphatic carbocycles. The Kier molecular flexibility index (Phi) is 7.45. The predicted molar refractivity (Wildman–Crippen MR) is 116 cm³/mol. The second-order valence-corrected chi connectivity index (χ2v) is 7.65. The van der Waals surface area contributed by atoms with Gasteiger partial charge in [0.05, 0.1) is 26.9 Å². The third-order valence-electron chi connectivity index (χ3n) is 5.46. The minimum atomic E-state index is -0.832. The highest BCUT2D eigenvalue weighted by atomic mass is 35.5. The first kappa shape index (κ1) is 22.2. The Morgan fingerprint density at radius 3 is 2.53 bits per heavy atom. The average Bonchev–Trinajstić information content (AvgIpc) is 2.76. The summed E-state index contributed by atoms with van der Waals surface area (Å²) in [4.78, 5) is 14.1. The SMILES string of the molecule is CCOc1ccc(Cl)cc1C(c1cc(OC)ccc1OC)N1CCCCC1C(=O)O. The van der Waals surface area contributed by atoms with Gasteiger partial charge in [-0.05, 0) is 62.7 Å². The van der Waals surface area contributed by atoms with E-state index in [2.05, 4.69) is 0 Å². The van der Waals surface area contributed by atoms with Crippen molar-refractivity contribution in [2.75, 3.05) is 27.4 Å².